The van der Waals surface area contributed by atoms with E-state index in [9.17, 15) is 0 Å². The lowest BCUT2D eigenvalue weighted by atomic mass is 9.71. The van der Waals surface area contributed by atoms with Gasteiger partial charge in [0.05, 0.1) is 0 Å². The molecule has 0 heterocycles. The van der Waals surface area contributed by atoms with Crippen molar-refractivity contribution in [2.24, 2.45) is 23.7 Å². The number of aryl methyl sites for hydroxylation is 2. The van der Waals surface area contributed by atoms with Crippen LogP contribution in [0.1, 0.15) is 95.5 Å². The molecule has 0 heteroatoms. The standard InChI is InChI=1S/C33H48/c1-11-24(4)27(7)28(8)29(9)30(10)32-19-16-26(6)33(21-32)20-23(3)12-15-25(5)31-17-13-22(2)14-18-31/h12-19,21,24,27-30H,11,20H2,1-10H3/b23-12+,25-15+/t24-,27-,28+,29-,30-/m1/s1. The van der Waals surface area contributed by atoms with Crippen molar-refractivity contribution in [3.8, 4) is 0 Å². The first kappa shape index (κ1) is 27.2. The maximum absolute atomic E-state index is 2.48. The molecular weight excluding hydrogens is 396 g/mol. The van der Waals surface area contributed by atoms with E-state index in [1.165, 1.54) is 45.4 Å². The highest BCUT2D eigenvalue weighted by Crippen LogP contribution is 2.37. The Hall–Kier alpha value is -2.08. The van der Waals surface area contributed by atoms with Gasteiger partial charge in [0, 0.05) is 0 Å². The minimum Gasteiger partial charge on any atom is -0.0689 e. The molecule has 2 rings (SSSR count). The zero-order chi connectivity index (χ0) is 24.7. The Balaban J connectivity index is 2.16. The molecule has 5 atom stereocenters. The first-order valence-corrected chi connectivity index (χ1v) is 13.1. The maximum Gasteiger partial charge on any atom is -0.00640 e. The molecular formula is C33H48. The molecule has 0 amide bonds. The van der Waals surface area contributed by atoms with Gasteiger partial charge in [0.1, 0.15) is 0 Å². The fourth-order valence-corrected chi connectivity index (χ4v) is 4.83. The Kier molecular flexibility index (Phi) is 10.2. The van der Waals surface area contributed by atoms with Crippen molar-refractivity contribution in [2.75, 3.05) is 0 Å². The summed E-state index contributed by atoms with van der Waals surface area (Å²) in [6, 6.07) is 16.0. The SMILES string of the molecule is CC[C@@H](C)[C@@H](C)[C@H](C)[C@@H](C)[C@@H](C)c1ccc(C)c(C/C(C)=C/C=C(\C)c2ccc(C)cc2)c1. The minimum atomic E-state index is 0.568. The van der Waals surface area contributed by atoms with E-state index in [1.54, 1.807) is 0 Å². The van der Waals surface area contributed by atoms with Crippen LogP contribution in [0.2, 0.25) is 0 Å². The Morgan fingerprint density at radius 2 is 1.42 bits per heavy atom. The van der Waals surface area contributed by atoms with Gasteiger partial charge in [0.2, 0.25) is 0 Å². The van der Waals surface area contributed by atoms with Crippen molar-refractivity contribution >= 4 is 5.57 Å². The first-order chi connectivity index (χ1) is 15.5. The van der Waals surface area contributed by atoms with Crippen LogP contribution in [0.15, 0.2) is 60.2 Å². The zero-order valence-corrected chi connectivity index (χ0v) is 23.0. The molecule has 0 nitrogen and oxygen atoms in total. The van der Waals surface area contributed by atoms with Gasteiger partial charge in [-0.1, -0.05) is 114 Å². The molecule has 0 radical (unpaired) electrons. The Bertz CT molecular complexity index is 941. The summed E-state index contributed by atoms with van der Waals surface area (Å²) < 4.78 is 0. The zero-order valence-electron chi connectivity index (χ0n) is 23.0. The molecule has 0 aliphatic carbocycles. The monoisotopic (exact) mass is 444 g/mol. The lowest BCUT2D eigenvalue weighted by Crippen LogP contribution is -2.25. The third-order valence-electron chi connectivity index (χ3n) is 8.48. The van der Waals surface area contributed by atoms with Gasteiger partial charge in [0.15, 0.2) is 0 Å². The number of hydrogen-bond donors (Lipinski definition) is 0. The highest BCUT2D eigenvalue weighted by Gasteiger charge is 2.27. The fraction of sp³-hybridized carbons (Fsp3) is 0.515. The second kappa shape index (κ2) is 12.4. The van der Waals surface area contributed by atoms with Crippen molar-refractivity contribution in [3.63, 3.8) is 0 Å². The number of benzene rings is 2. The Morgan fingerprint density at radius 1 is 0.788 bits per heavy atom. The van der Waals surface area contributed by atoms with Gasteiger partial charge in [-0.2, -0.15) is 0 Å². The van der Waals surface area contributed by atoms with Crippen molar-refractivity contribution in [1.29, 1.82) is 0 Å². The van der Waals surface area contributed by atoms with Crippen LogP contribution in [0.25, 0.3) is 5.57 Å². The summed E-state index contributed by atoms with van der Waals surface area (Å²) in [5.41, 5.74) is 9.67. The smallest absolute Gasteiger partial charge is 0.00640 e. The molecule has 0 aliphatic heterocycles. The van der Waals surface area contributed by atoms with Gasteiger partial charge in [-0.15, -0.1) is 0 Å². The Morgan fingerprint density at radius 3 is 2.03 bits per heavy atom. The van der Waals surface area contributed by atoms with Gasteiger partial charge < -0.3 is 0 Å². The van der Waals surface area contributed by atoms with E-state index in [0.29, 0.717) is 11.8 Å². The lowest BCUT2D eigenvalue weighted by Gasteiger charge is -2.34. The van der Waals surface area contributed by atoms with E-state index in [4.69, 9.17) is 0 Å². The van der Waals surface area contributed by atoms with Crippen LogP contribution in [0.4, 0.5) is 0 Å². The first-order valence-electron chi connectivity index (χ1n) is 13.1. The predicted molar refractivity (Wildman–Crippen MR) is 149 cm³/mol. The van der Waals surface area contributed by atoms with Crippen molar-refractivity contribution in [2.45, 2.75) is 88.0 Å². The highest BCUT2D eigenvalue weighted by atomic mass is 14.3. The van der Waals surface area contributed by atoms with Crippen molar-refractivity contribution in [1.82, 2.24) is 0 Å². The minimum absolute atomic E-state index is 0.568. The fourth-order valence-electron chi connectivity index (χ4n) is 4.83. The molecule has 2 aromatic carbocycles. The Labute approximate surface area is 205 Å². The van der Waals surface area contributed by atoms with E-state index in [1.807, 2.05) is 0 Å². The van der Waals surface area contributed by atoms with Crippen LogP contribution in [-0.2, 0) is 6.42 Å². The summed E-state index contributed by atoms with van der Waals surface area (Å²) in [7, 11) is 0. The number of hydrogen-bond acceptors (Lipinski definition) is 0. The van der Waals surface area contributed by atoms with E-state index < -0.39 is 0 Å². The van der Waals surface area contributed by atoms with Crippen molar-refractivity contribution in [3.05, 3.63) is 88.0 Å². The maximum atomic E-state index is 2.48. The van der Waals surface area contributed by atoms with Gasteiger partial charge in [-0.3, -0.25) is 0 Å². The molecule has 0 aliphatic rings. The van der Waals surface area contributed by atoms with Crippen LogP contribution in [0, 0.1) is 37.5 Å². The van der Waals surface area contributed by atoms with E-state index in [-0.39, 0.29) is 0 Å². The van der Waals surface area contributed by atoms with Gasteiger partial charge in [-0.05, 0) is 91.5 Å². The predicted octanol–water partition coefficient (Wildman–Crippen LogP) is 9.95. The molecule has 33 heavy (non-hydrogen) atoms. The second-order valence-electron chi connectivity index (χ2n) is 10.8. The van der Waals surface area contributed by atoms with Gasteiger partial charge in [-0.25, -0.2) is 0 Å². The molecule has 0 spiro atoms. The summed E-state index contributed by atoms with van der Waals surface area (Å²) in [4.78, 5) is 0. The van der Waals surface area contributed by atoms with E-state index in [0.717, 1.165) is 24.2 Å². The summed E-state index contributed by atoms with van der Waals surface area (Å²) in [5.74, 6) is 3.50. The molecule has 2 aromatic rings. The lowest BCUT2D eigenvalue weighted by molar-refractivity contribution is 0.191. The molecule has 180 valence electrons. The highest BCUT2D eigenvalue weighted by molar-refractivity contribution is 5.65. The van der Waals surface area contributed by atoms with Crippen LogP contribution in [0.5, 0.6) is 0 Å². The van der Waals surface area contributed by atoms with Crippen LogP contribution >= 0.6 is 0 Å². The van der Waals surface area contributed by atoms with Crippen molar-refractivity contribution < 1.29 is 0 Å². The largest absolute Gasteiger partial charge is 0.0689 e. The molecule has 0 fully saturated rings. The molecule has 0 saturated heterocycles. The number of rotatable bonds is 10. The summed E-state index contributed by atoms with van der Waals surface area (Å²) in [6.45, 7) is 23.4. The molecule has 0 aromatic heterocycles. The van der Waals surface area contributed by atoms with Gasteiger partial charge >= 0.3 is 0 Å². The topological polar surface area (TPSA) is 0 Å². The van der Waals surface area contributed by atoms with Crippen LogP contribution in [-0.4, -0.2) is 0 Å². The van der Waals surface area contributed by atoms with Gasteiger partial charge in [0.25, 0.3) is 0 Å². The molecule has 0 unspecified atom stereocenters. The molecule has 0 N–H and O–H groups in total. The normalized spacial score (nSPS) is 17.4. The van der Waals surface area contributed by atoms with E-state index >= 15 is 0 Å². The quantitative estimate of drug-likeness (QED) is 0.320. The van der Waals surface area contributed by atoms with Crippen LogP contribution < -0.4 is 0 Å². The van der Waals surface area contributed by atoms with E-state index in [2.05, 4.69) is 124 Å². The summed E-state index contributed by atoms with van der Waals surface area (Å²) >= 11 is 0. The number of allylic oxidation sites excluding steroid dienone is 4. The third-order valence-corrected chi connectivity index (χ3v) is 8.48. The molecule has 0 saturated carbocycles. The summed E-state index contributed by atoms with van der Waals surface area (Å²) in [5, 5.41) is 0. The average molecular weight is 445 g/mol. The summed E-state index contributed by atoms with van der Waals surface area (Å²) in [6.07, 6.45) is 6.84. The molecule has 0 bridgehead atoms. The van der Waals surface area contributed by atoms with Crippen LogP contribution in [0.3, 0.4) is 0 Å². The third kappa shape index (κ3) is 7.46. The average Bonchev–Trinajstić information content (AvgIpc) is 2.81. The second-order valence-corrected chi connectivity index (χ2v) is 10.8.